The van der Waals surface area contributed by atoms with Gasteiger partial charge in [0.05, 0.1) is 6.04 Å². The largest absolute Gasteiger partial charge is 0.442 e. The molecule has 1 aromatic carbocycles. The lowest BCUT2D eigenvalue weighted by Crippen LogP contribution is -2.48. The number of hydrazine groups is 1. The number of ether oxygens (including phenoxy) is 1. The van der Waals surface area contributed by atoms with Crippen LogP contribution in [0, 0.1) is 0 Å². The number of halogens is 1. The Morgan fingerprint density at radius 3 is 2.19 bits per heavy atom. The van der Waals surface area contributed by atoms with Gasteiger partial charge in [-0.3, -0.25) is 10.2 Å². The number of nitrogens with zero attached hydrogens (tertiary/aromatic N) is 1. The van der Waals surface area contributed by atoms with E-state index in [1.807, 2.05) is 0 Å². The van der Waals surface area contributed by atoms with Gasteiger partial charge in [-0.2, -0.15) is 0 Å². The van der Waals surface area contributed by atoms with Crippen LogP contribution in [0.3, 0.4) is 0 Å². The SMILES string of the molecule is CC(=O)NN(C(=O)OC(C)(C)C)C(C)c1ccc(Cl)cc1. The predicted molar refractivity (Wildman–Crippen MR) is 81.8 cm³/mol. The number of hydrogen-bond acceptors (Lipinski definition) is 3. The van der Waals surface area contributed by atoms with Crippen LogP contribution in [-0.2, 0) is 9.53 Å². The molecule has 5 nitrogen and oxygen atoms in total. The Hall–Kier alpha value is -1.75. The maximum absolute atomic E-state index is 12.2. The van der Waals surface area contributed by atoms with Crippen molar-refractivity contribution in [3.63, 3.8) is 0 Å². The molecule has 1 N–H and O–H groups in total. The molecule has 0 heterocycles. The summed E-state index contributed by atoms with van der Waals surface area (Å²) in [5.74, 6) is -0.346. The zero-order chi connectivity index (χ0) is 16.2. The summed E-state index contributed by atoms with van der Waals surface area (Å²) in [4.78, 5) is 23.6. The minimum absolute atomic E-state index is 0.346. The van der Waals surface area contributed by atoms with Crippen molar-refractivity contribution in [1.82, 2.24) is 10.4 Å². The van der Waals surface area contributed by atoms with Crippen molar-refractivity contribution in [2.75, 3.05) is 0 Å². The number of benzene rings is 1. The Bertz CT molecular complexity index is 509. The third-order valence-electron chi connectivity index (χ3n) is 2.61. The van der Waals surface area contributed by atoms with Crippen LogP contribution in [0.1, 0.15) is 46.2 Å². The van der Waals surface area contributed by atoms with Crippen LogP contribution in [-0.4, -0.2) is 22.6 Å². The van der Waals surface area contributed by atoms with E-state index in [0.717, 1.165) is 5.56 Å². The van der Waals surface area contributed by atoms with Gasteiger partial charge in [0.15, 0.2) is 0 Å². The molecule has 0 saturated carbocycles. The molecule has 0 aromatic heterocycles. The van der Waals surface area contributed by atoms with Crippen LogP contribution >= 0.6 is 11.6 Å². The van der Waals surface area contributed by atoms with Gasteiger partial charge in [0.25, 0.3) is 0 Å². The highest BCUT2D eigenvalue weighted by Gasteiger charge is 2.27. The van der Waals surface area contributed by atoms with E-state index in [4.69, 9.17) is 16.3 Å². The van der Waals surface area contributed by atoms with Gasteiger partial charge in [-0.25, -0.2) is 9.80 Å². The highest BCUT2D eigenvalue weighted by molar-refractivity contribution is 6.30. The standard InChI is InChI=1S/C15H21ClN2O3/c1-10(12-6-8-13(16)9-7-12)18(17-11(2)19)14(20)21-15(3,4)5/h6-10H,1-5H3,(H,17,19). The average molecular weight is 313 g/mol. The van der Waals surface area contributed by atoms with E-state index in [-0.39, 0.29) is 11.9 Å². The van der Waals surface area contributed by atoms with Gasteiger partial charge in [-0.15, -0.1) is 0 Å². The minimum atomic E-state index is -0.645. The molecule has 0 aliphatic heterocycles. The minimum Gasteiger partial charge on any atom is -0.442 e. The molecule has 1 aromatic rings. The molecule has 0 radical (unpaired) electrons. The molecular weight excluding hydrogens is 292 g/mol. The fraction of sp³-hybridized carbons (Fsp3) is 0.467. The zero-order valence-corrected chi connectivity index (χ0v) is 13.7. The van der Waals surface area contributed by atoms with Crippen LogP contribution in [0.15, 0.2) is 24.3 Å². The molecule has 0 aliphatic rings. The average Bonchev–Trinajstić information content (AvgIpc) is 2.33. The molecule has 21 heavy (non-hydrogen) atoms. The second-order valence-corrected chi connectivity index (χ2v) is 6.18. The van der Waals surface area contributed by atoms with E-state index in [2.05, 4.69) is 5.43 Å². The fourth-order valence-corrected chi connectivity index (χ4v) is 1.80. The summed E-state index contributed by atoms with van der Waals surface area (Å²) in [6.45, 7) is 8.44. The van der Waals surface area contributed by atoms with E-state index in [9.17, 15) is 9.59 Å². The van der Waals surface area contributed by atoms with Crippen LogP contribution in [0.2, 0.25) is 5.02 Å². The van der Waals surface area contributed by atoms with Crippen molar-refractivity contribution in [1.29, 1.82) is 0 Å². The van der Waals surface area contributed by atoms with Gasteiger partial charge in [0, 0.05) is 11.9 Å². The molecule has 0 bridgehead atoms. The van der Waals surface area contributed by atoms with Gasteiger partial charge < -0.3 is 4.74 Å². The molecule has 0 fully saturated rings. The zero-order valence-electron chi connectivity index (χ0n) is 12.9. The lowest BCUT2D eigenvalue weighted by molar-refractivity contribution is -0.124. The van der Waals surface area contributed by atoms with Gasteiger partial charge in [-0.05, 0) is 45.4 Å². The van der Waals surface area contributed by atoms with Crippen LogP contribution in [0.25, 0.3) is 0 Å². The maximum atomic E-state index is 12.2. The molecule has 2 amide bonds. The van der Waals surface area contributed by atoms with Crippen molar-refractivity contribution in [2.24, 2.45) is 0 Å². The number of carbonyl (C=O) groups is 2. The number of hydrogen-bond donors (Lipinski definition) is 1. The quantitative estimate of drug-likeness (QED) is 0.847. The summed E-state index contributed by atoms with van der Waals surface area (Å²) in [5.41, 5.74) is 2.69. The first kappa shape index (κ1) is 17.3. The third-order valence-corrected chi connectivity index (χ3v) is 2.86. The topological polar surface area (TPSA) is 58.6 Å². The van der Waals surface area contributed by atoms with Crippen LogP contribution < -0.4 is 5.43 Å². The van der Waals surface area contributed by atoms with E-state index < -0.39 is 11.7 Å². The molecule has 0 spiro atoms. The van der Waals surface area contributed by atoms with Gasteiger partial charge in [-0.1, -0.05) is 23.7 Å². The molecule has 6 heteroatoms. The van der Waals surface area contributed by atoms with Crippen molar-refractivity contribution in [3.05, 3.63) is 34.9 Å². The number of nitrogens with one attached hydrogen (secondary N) is 1. The Balaban J connectivity index is 2.98. The van der Waals surface area contributed by atoms with Crippen LogP contribution in [0.5, 0.6) is 0 Å². The first-order valence-corrected chi connectivity index (χ1v) is 7.03. The molecule has 0 saturated heterocycles. The Morgan fingerprint density at radius 2 is 1.76 bits per heavy atom. The van der Waals surface area contributed by atoms with Crippen molar-refractivity contribution in [2.45, 2.75) is 46.3 Å². The fourth-order valence-electron chi connectivity index (χ4n) is 1.67. The number of rotatable bonds is 2. The van der Waals surface area contributed by atoms with Gasteiger partial charge in [0.1, 0.15) is 5.60 Å². The van der Waals surface area contributed by atoms with Gasteiger partial charge >= 0.3 is 6.09 Å². The molecule has 1 unspecified atom stereocenters. The highest BCUT2D eigenvalue weighted by atomic mass is 35.5. The smallest absolute Gasteiger partial charge is 0.429 e. The monoisotopic (exact) mass is 312 g/mol. The molecule has 1 rings (SSSR count). The summed E-state index contributed by atoms with van der Waals surface area (Å²) in [6.07, 6.45) is -0.611. The Kier molecular flexibility index (Phi) is 5.61. The van der Waals surface area contributed by atoms with Crippen molar-refractivity contribution < 1.29 is 14.3 Å². The van der Waals surface area contributed by atoms with E-state index in [1.54, 1.807) is 52.0 Å². The van der Waals surface area contributed by atoms with Crippen molar-refractivity contribution >= 4 is 23.6 Å². The van der Waals surface area contributed by atoms with E-state index in [1.165, 1.54) is 11.9 Å². The summed E-state index contributed by atoms with van der Waals surface area (Å²) in [5, 5.41) is 1.78. The molecule has 116 valence electrons. The third kappa shape index (κ3) is 5.63. The van der Waals surface area contributed by atoms with E-state index >= 15 is 0 Å². The van der Waals surface area contributed by atoms with Crippen LogP contribution in [0.4, 0.5) is 4.79 Å². The lowest BCUT2D eigenvalue weighted by Gasteiger charge is -2.31. The predicted octanol–water partition coefficient (Wildman–Crippen LogP) is 3.69. The normalized spacial score (nSPS) is 12.5. The van der Waals surface area contributed by atoms with Gasteiger partial charge in [0.2, 0.25) is 5.91 Å². The van der Waals surface area contributed by atoms with E-state index in [0.29, 0.717) is 5.02 Å². The summed E-state index contributed by atoms with van der Waals surface area (Å²) in [6, 6.07) is 6.67. The first-order chi connectivity index (χ1) is 9.60. The molecular formula is C15H21ClN2O3. The molecule has 0 aliphatic carbocycles. The lowest BCUT2D eigenvalue weighted by atomic mass is 10.1. The Labute approximate surface area is 130 Å². The first-order valence-electron chi connectivity index (χ1n) is 6.65. The summed E-state index contributed by atoms with van der Waals surface area (Å²) >= 11 is 5.85. The summed E-state index contributed by atoms with van der Waals surface area (Å²) < 4.78 is 5.31. The second-order valence-electron chi connectivity index (χ2n) is 5.75. The van der Waals surface area contributed by atoms with Crippen molar-refractivity contribution in [3.8, 4) is 0 Å². The second kappa shape index (κ2) is 6.80. The maximum Gasteiger partial charge on any atom is 0.429 e. The highest BCUT2D eigenvalue weighted by Crippen LogP contribution is 2.22. The summed E-state index contributed by atoms with van der Waals surface area (Å²) in [7, 11) is 0. The number of carbonyl (C=O) groups excluding carboxylic acids is 2. The number of amides is 2. The Morgan fingerprint density at radius 1 is 1.24 bits per heavy atom. The molecule has 1 atom stereocenters.